The van der Waals surface area contributed by atoms with Crippen LogP contribution in [-0.4, -0.2) is 39.0 Å². The summed E-state index contributed by atoms with van der Waals surface area (Å²) in [5.41, 5.74) is 0.618. The Morgan fingerprint density at radius 2 is 1.79 bits per heavy atom. The quantitative estimate of drug-likeness (QED) is 0.612. The predicted octanol–water partition coefficient (Wildman–Crippen LogP) is 5.19. The topological polar surface area (TPSA) is 64.6 Å². The lowest BCUT2D eigenvalue weighted by Gasteiger charge is -2.38. The number of ether oxygens (including phenoxy) is 1. The average Bonchev–Trinajstić information content (AvgIpc) is 2.58. The van der Waals surface area contributed by atoms with Gasteiger partial charge in [0.15, 0.2) is 0 Å². The molecule has 0 aromatic heterocycles. The highest BCUT2D eigenvalue weighted by Gasteiger charge is 2.37. The Bertz CT molecular complexity index is 664. The van der Waals surface area contributed by atoms with Gasteiger partial charge >= 0.3 is 6.09 Å². The summed E-state index contributed by atoms with van der Waals surface area (Å²) < 4.78 is 22.4. The van der Waals surface area contributed by atoms with Crippen molar-refractivity contribution in [3.8, 4) is 0 Å². The molecule has 1 heterocycles. The Morgan fingerprint density at radius 1 is 1.21 bits per heavy atom. The molecule has 1 aromatic carbocycles. The van der Waals surface area contributed by atoms with Crippen molar-refractivity contribution in [2.24, 2.45) is 5.92 Å². The molecule has 1 aliphatic heterocycles. The first-order valence-electron chi connectivity index (χ1n) is 9.79. The molecule has 1 fully saturated rings. The van der Waals surface area contributed by atoms with Crippen LogP contribution in [0.3, 0.4) is 0 Å². The zero-order valence-electron chi connectivity index (χ0n) is 17.8. The summed E-state index contributed by atoms with van der Waals surface area (Å²) in [7, 11) is 0. The summed E-state index contributed by atoms with van der Waals surface area (Å²) in [6.07, 6.45) is 1.41. The number of halogens is 1. The number of carbonyl (C=O) groups excluding carboxylic acids is 1. The van der Waals surface area contributed by atoms with Gasteiger partial charge in [-0.3, -0.25) is 0 Å². The van der Waals surface area contributed by atoms with Crippen LogP contribution in [0.25, 0.3) is 0 Å². The fourth-order valence-electron chi connectivity index (χ4n) is 3.17. The first-order chi connectivity index (χ1) is 12.9. The number of nitrogens with one attached hydrogen (secondary N) is 1. The maximum absolute atomic E-state index is 12.8. The molecule has 1 aromatic rings. The van der Waals surface area contributed by atoms with Gasteiger partial charge < -0.3 is 14.2 Å². The lowest BCUT2D eigenvalue weighted by Crippen LogP contribution is -2.47. The molecule has 2 atom stereocenters. The highest BCUT2D eigenvalue weighted by Crippen LogP contribution is 2.36. The molecule has 0 saturated carbocycles. The molecule has 28 heavy (non-hydrogen) atoms. The normalized spacial score (nSPS) is 18.6. The summed E-state index contributed by atoms with van der Waals surface area (Å²) >= 11 is 2.46. The Morgan fingerprint density at radius 3 is 2.29 bits per heavy atom. The van der Waals surface area contributed by atoms with Crippen LogP contribution in [0.5, 0.6) is 0 Å². The third-order valence-electron chi connectivity index (χ3n) is 4.69. The second-order valence-electron chi connectivity index (χ2n) is 9.30. The highest BCUT2D eigenvalue weighted by molar-refractivity contribution is 9.10. The maximum atomic E-state index is 12.8. The number of carbonyl (C=O) groups is 1. The predicted molar refractivity (Wildman–Crippen MR) is 118 cm³/mol. The van der Waals surface area contributed by atoms with E-state index < -0.39 is 17.0 Å². The van der Waals surface area contributed by atoms with E-state index in [0.717, 1.165) is 22.9 Å². The van der Waals surface area contributed by atoms with Crippen molar-refractivity contribution in [2.75, 3.05) is 13.1 Å². The molecule has 0 radical (unpaired) electrons. The summed E-state index contributed by atoms with van der Waals surface area (Å²) in [5, 5.41) is 0. The van der Waals surface area contributed by atoms with E-state index in [4.69, 9.17) is 4.74 Å². The summed E-state index contributed by atoms with van der Waals surface area (Å²) in [6, 6.07) is 8.03. The van der Waals surface area contributed by atoms with Crippen LogP contribution in [0.15, 0.2) is 28.7 Å². The molecule has 1 unspecified atom stereocenters. The van der Waals surface area contributed by atoms with Crippen molar-refractivity contribution in [2.45, 2.75) is 70.8 Å². The zero-order valence-corrected chi connectivity index (χ0v) is 20.2. The van der Waals surface area contributed by atoms with Crippen molar-refractivity contribution < 1.29 is 14.1 Å². The molecule has 0 bridgehead atoms. The highest BCUT2D eigenvalue weighted by atomic mass is 79.9. The van der Waals surface area contributed by atoms with E-state index in [9.17, 15) is 9.35 Å². The fourth-order valence-corrected chi connectivity index (χ4v) is 4.61. The Kier molecular flexibility index (Phi) is 7.87. The molecular weight excluding hydrogens is 440 g/mol. The van der Waals surface area contributed by atoms with Crippen LogP contribution >= 0.6 is 15.9 Å². The Balaban J connectivity index is 2.13. The van der Waals surface area contributed by atoms with Crippen molar-refractivity contribution >= 4 is 33.4 Å². The molecule has 1 aliphatic rings. The third-order valence-corrected chi connectivity index (χ3v) is 7.00. The van der Waals surface area contributed by atoms with Gasteiger partial charge in [0.1, 0.15) is 10.3 Å². The van der Waals surface area contributed by atoms with Gasteiger partial charge in [0.05, 0.1) is 6.04 Å². The molecule has 0 spiro atoms. The van der Waals surface area contributed by atoms with Crippen molar-refractivity contribution in [3.05, 3.63) is 34.3 Å². The number of hydrogen-bond acceptors (Lipinski definition) is 4. The van der Waals surface area contributed by atoms with E-state index in [1.54, 1.807) is 4.90 Å². The number of nitrogens with zero attached hydrogens (tertiary/aromatic N) is 1. The van der Waals surface area contributed by atoms with Gasteiger partial charge in [0, 0.05) is 28.9 Å². The van der Waals surface area contributed by atoms with Crippen LogP contribution in [0.4, 0.5) is 4.79 Å². The second-order valence-corrected chi connectivity index (χ2v) is 12.2. The molecule has 1 amide bonds. The number of benzene rings is 1. The lowest BCUT2D eigenvalue weighted by atomic mass is 9.86. The minimum atomic E-state index is -1.18. The van der Waals surface area contributed by atoms with Gasteiger partial charge in [0.2, 0.25) is 0 Å². The molecular formula is C21H33BrN2O3S. The minimum absolute atomic E-state index is 0.0450. The Hall–Kier alpha value is -0.760. The lowest BCUT2D eigenvalue weighted by molar-refractivity contribution is 0.0172. The standard InChI is InChI=1S/C21H33BrN2O3S/c1-20(2,3)27-19(25)24-13-11-15(12-14-24)18(23-28(26)21(4,5)6)16-9-7-8-10-17(16)22/h7-10,15,18,23H,11-14H2,1-6H3/t18-,28?/m0/s1. The molecule has 1 saturated heterocycles. The summed E-state index contributed by atoms with van der Waals surface area (Å²) in [4.78, 5) is 14.1. The van der Waals surface area contributed by atoms with Crippen LogP contribution in [0, 0.1) is 5.92 Å². The fraction of sp³-hybridized carbons (Fsp3) is 0.667. The van der Waals surface area contributed by atoms with Gasteiger partial charge in [-0.15, -0.1) is 4.72 Å². The monoisotopic (exact) mass is 472 g/mol. The van der Waals surface area contributed by atoms with Crippen LogP contribution < -0.4 is 4.72 Å². The van der Waals surface area contributed by atoms with E-state index in [2.05, 4.69) is 26.7 Å². The number of hydrogen-bond donors (Lipinski definition) is 1. The van der Waals surface area contributed by atoms with E-state index >= 15 is 0 Å². The van der Waals surface area contributed by atoms with E-state index in [0.29, 0.717) is 13.1 Å². The number of piperidine rings is 1. The van der Waals surface area contributed by atoms with Crippen LogP contribution in [0.1, 0.15) is 66.0 Å². The van der Waals surface area contributed by atoms with Gasteiger partial charge in [-0.05, 0) is 71.9 Å². The molecule has 2 rings (SSSR count). The smallest absolute Gasteiger partial charge is 0.410 e. The van der Waals surface area contributed by atoms with Gasteiger partial charge in [-0.1, -0.05) is 34.1 Å². The largest absolute Gasteiger partial charge is 0.598 e. The number of rotatable bonds is 4. The summed E-state index contributed by atoms with van der Waals surface area (Å²) in [5.74, 6) is 0.281. The van der Waals surface area contributed by atoms with E-state index in [1.165, 1.54) is 0 Å². The third kappa shape index (κ3) is 6.65. The van der Waals surface area contributed by atoms with Crippen LogP contribution in [0.2, 0.25) is 0 Å². The molecule has 0 aliphatic carbocycles. The SMILES string of the molecule is CC(C)(C)OC(=O)N1CCC([C@H](N[S+]([O-])C(C)(C)C)c2ccccc2Br)CC1. The minimum Gasteiger partial charge on any atom is -0.598 e. The summed E-state index contributed by atoms with van der Waals surface area (Å²) in [6.45, 7) is 12.8. The molecule has 158 valence electrons. The van der Waals surface area contributed by atoms with Crippen molar-refractivity contribution in [3.63, 3.8) is 0 Å². The number of amides is 1. The van der Waals surface area contributed by atoms with Crippen molar-refractivity contribution in [1.29, 1.82) is 0 Å². The first-order valence-corrected chi connectivity index (χ1v) is 11.7. The van der Waals surface area contributed by atoms with Crippen molar-refractivity contribution in [1.82, 2.24) is 9.62 Å². The maximum Gasteiger partial charge on any atom is 0.410 e. The molecule has 1 N–H and O–H groups in total. The molecule has 5 nitrogen and oxygen atoms in total. The Labute approximate surface area is 181 Å². The zero-order chi connectivity index (χ0) is 21.1. The van der Waals surface area contributed by atoms with Gasteiger partial charge in [-0.25, -0.2) is 4.79 Å². The van der Waals surface area contributed by atoms with Gasteiger partial charge in [-0.2, -0.15) is 0 Å². The van der Waals surface area contributed by atoms with Gasteiger partial charge in [0.25, 0.3) is 0 Å². The first kappa shape index (κ1) is 23.5. The van der Waals surface area contributed by atoms with E-state index in [-0.39, 0.29) is 22.8 Å². The van der Waals surface area contributed by atoms with E-state index in [1.807, 2.05) is 59.7 Å². The second kappa shape index (κ2) is 9.37. The molecule has 7 heteroatoms. The average molecular weight is 473 g/mol. The number of likely N-dealkylation sites (tertiary alicyclic amines) is 1. The van der Waals surface area contributed by atoms with Crippen LogP contribution in [-0.2, 0) is 16.1 Å².